The smallest absolute Gasteiger partial charge is 0.228 e. The van der Waals surface area contributed by atoms with Crippen molar-refractivity contribution in [2.75, 3.05) is 32.9 Å². The van der Waals surface area contributed by atoms with Crippen LogP contribution in [0.4, 0.5) is 0 Å². The minimum atomic E-state index is -0.0807. The quantitative estimate of drug-likeness (QED) is 0.836. The Bertz CT molecular complexity index is 832. The molecule has 1 aromatic carbocycles. The summed E-state index contributed by atoms with van der Waals surface area (Å²) in [6.07, 6.45) is 5.47. The molecule has 4 heterocycles. The van der Waals surface area contributed by atoms with Gasteiger partial charge in [-0.3, -0.25) is 9.78 Å². The van der Waals surface area contributed by atoms with Crippen LogP contribution in [0.5, 0.6) is 5.75 Å². The summed E-state index contributed by atoms with van der Waals surface area (Å²) in [4.78, 5) is 19.0. The molecule has 1 amide bonds. The monoisotopic (exact) mass is 350 g/mol. The maximum Gasteiger partial charge on any atom is 0.228 e. The summed E-state index contributed by atoms with van der Waals surface area (Å²) in [5.74, 6) is 1.24. The first-order valence-corrected chi connectivity index (χ1v) is 9.29. The zero-order chi connectivity index (χ0) is 17.6. The number of hydrogen-bond donors (Lipinski definition) is 0. The molecule has 0 N–H and O–H groups in total. The van der Waals surface area contributed by atoms with Crippen molar-refractivity contribution in [1.82, 2.24) is 9.88 Å². The third-order valence-electron chi connectivity index (χ3n) is 5.99. The van der Waals surface area contributed by atoms with Gasteiger partial charge in [-0.25, -0.2) is 0 Å². The van der Waals surface area contributed by atoms with Crippen LogP contribution in [0.3, 0.4) is 0 Å². The second kappa shape index (κ2) is 6.09. The van der Waals surface area contributed by atoms with E-state index in [1.807, 2.05) is 17.2 Å². The van der Waals surface area contributed by atoms with Gasteiger partial charge < -0.3 is 14.4 Å². The number of nitrogens with zero attached hydrogens (tertiary/aromatic N) is 2. The molecule has 2 unspecified atom stereocenters. The number of carbonyl (C=O) groups is 1. The number of hydrogen-bond acceptors (Lipinski definition) is 4. The average molecular weight is 350 g/mol. The van der Waals surface area contributed by atoms with Gasteiger partial charge in [-0.1, -0.05) is 12.1 Å². The molecule has 134 valence electrons. The van der Waals surface area contributed by atoms with Crippen molar-refractivity contribution in [3.05, 3.63) is 48.3 Å². The molecule has 2 fully saturated rings. The summed E-state index contributed by atoms with van der Waals surface area (Å²) in [7, 11) is 0. The van der Waals surface area contributed by atoms with E-state index in [2.05, 4.69) is 29.2 Å². The van der Waals surface area contributed by atoms with Gasteiger partial charge in [-0.05, 0) is 36.6 Å². The zero-order valence-electron chi connectivity index (χ0n) is 14.7. The van der Waals surface area contributed by atoms with Crippen LogP contribution in [0.2, 0.25) is 0 Å². The van der Waals surface area contributed by atoms with Crippen molar-refractivity contribution >= 4 is 5.91 Å². The number of ether oxygens (including phenoxy) is 2. The van der Waals surface area contributed by atoms with E-state index in [9.17, 15) is 4.79 Å². The van der Waals surface area contributed by atoms with Crippen molar-refractivity contribution < 1.29 is 14.3 Å². The summed E-state index contributed by atoms with van der Waals surface area (Å²) >= 11 is 0. The van der Waals surface area contributed by atoms with Crippen LogP contribution in [0.1, 0.15) is 18.4 Å². The Morgan fingerprint density at radius 3 is 3.04 bits per heavy atom. The molecule has 0 bridgehead atoms. The Morgan fingerprint density at radius 2 is 2.23 bits per heavy atom. The van der Waals surface area contributed by atoms with Crippen molar-refractivity contribution in [1.29, 1.82) is 0 Å². The molecule has 3 aliphatic heterocycles. The normalized spacial score (nSPS) is 26.9. The van der Waals surface area contributed by atoms with E-state index in [-0.39, 0.29) is 17.2 Å². The highest BCUT2D eigenvalue weighted by molar-refractivity contribution is 5.80. The lowest BCUT2D eigenvalue weighted by molar-refractivity contribution is -0.134. The highest BCUT2D eigenvalue weighted by atomic mass is 16.5. The number of rotatable bonds is 2. The number of carbonyl (C=O) groups excluding carboxylic acids is 1. The van der Waals surface area contributed by atoms with Gasteiger partial charge >= 0.3 is 0 Å². The maximum atomic E-state index is 12.8. The van der Waals surface area contributed by atoms with E-state index in [0.717, 1.165) is 42.8 Å². The van der Waals surface area contributed by atoms with Crippen molar-refractivity contribution in [3.63, 3.8) is 0 Å². The molecule has 0 aliphatic carbocycles. The maximum absolute atomic E-state index is 12.8. The molecule has 2 saturated heterocycles. The van der Waals surface area contributed by atoms with Gasteiger partial charge in [0, 0.05) is 43.2 Å². The van der Waals surface area contributed by atoms with Crippen molar-refractivity contribution in [2.24, 2.45) is 5.92 Å². The van der Waals surface area contributed by atoms with E-state index in [0.29, 0.717) is 19.8 Å². The van der Waals surface area contributed by atoms with E-state index in [4.69, 9.17) is 9.47 Å². The molecule has 5 nitrogen and oxygen atoms in total. The van der Waals surface area contributed by atoms with E-state index < -0.39 is 0 Å². The van der Waals surface area contributed by atoms with Crippen LogP contribution < -0.4 is 4.74 Å². The Labute approximate surface area is 152 Å². The Morgan fingerprint density at radius 1 is 1.27 bits per heavy atom. The summed E-state index contributed by atoms with van der Waals surface area (Å²) in [6, 6.07) is 10.4. The van der Waals surface area contributed by atoms with E-state index in [1.54, 1.807) is 6.20 Å². The predicted octanol–water partition coefficient (Wildman–Crippen LogP) is 2.65. The molecular weight excluding hydrogens is 328 g/mol. The van der Waals surface area contributed by atoms with Crippen molar-refractivity contribution in [3.8, 4) is 16.9 Å². The van der Waals surface area contributed by atoms with E-state index >= 15 is 0 Å². The topological polar surface area (TPSA) is 51.7 Å². The van der Waals surface area contributed by atoms with Gasteiger partial charge in [0.2, 0.25) is 5.91 Å². The third kappa shape index (κ3) is 2.50. The number of aromatic nitrogens is 1. The number of benzene rings is 1. The minimum Gasteiger partial charge on any atom is -0.492 e. The lowest BCUT2D eigenvalue weighted by Gasteiger charge is -2.24. The number of amides is 1. The fourth-order valence-corrected chi connectivity index (χ4v) is 4.46. The van der Waals surface area contributed by atoms with Gasteiger partial charge in [0.15, 0.2) is 0 Å². The minimum absolute atomic E-state index is 0.0358. The van der Waals surface area contributed by atoms with Crippen LogP contribution in [-0.4, -0.2) is 48.7 Å². The second-order valence-electron chi connectivity index (χ2n) is 7.59. The van der Waals surface area contributed by atoms with Crippen LogP contribution in [0.25, 0.3) is 11.1 Å². The summed E-state index contributed by atoms with van der Waals surface area (Å²) in [5.41, 5.74) is 3.40. The summed E-state index contributed by atoms with van der Waals surface area (Å²) in [6.45, 7) is 3.47. The fourth-order valence-electron chi connectivity index (χ4n) is 4.46. The van der Waals surface area contributed by atoms with Gasteiger partial charge in [-0.2, -0.15) is 0 Å². The molecular formula is C21H22N2O3. The standard InChI is InChI=1S/C21H22N2O3/c24-20(17-5-9-25-12-17)23-8-6-21(13-23)14-26-19-4-3-15(10-18(19)21)16-2-1-7-22-11-16/h1-4,7,10-11,17H,5-6,8-9,12-14H2. The molecule has 3 aliphatic rings. The predicted molar refractivity (Wildman–Crippen MR) is 97.0 cm³/mol. The van der Waals surface area contributed by atoms with Crippen LogP contribution >= 0.6 is 0 Å². The lowest BCUT2D eigenvalue weighted by Crippen LogP contribution is -2.38. The number of likely N-dealkylation sites (tertiary alicyclic amines) is 1. The molecule has 1 spiro atoms. The average Bonchev–Trinajstić information content (AvgIpc) is 3.43. The SMILES string of the molecule is O=C(C1CCOC1)N1CCC2(COc3ccc(-c4cccnc4)cc32)C1. The first kappa shape index (κ1) is 15.8. The highest BCUT2D eigenvalue weighted by Gasteiger charge is 2.48. The molecule has 5 heteroatoms. The zero-order valence-corrected chi connectivity index (χ0v) is 14.7. The van der Waals surface area contributed by atoms with Gasteiger partial charge in [0.25, 0.3) is 0 Å². The van der Waals surface area contributed by atoms with E-state index in [1.165, 1.54) is 5.56 Å². The lowest BCUT2D eigenvalue weighted by atomic mass is 9.80. The molecule has 5 rings (SSSR count). The van der Waals surface area contributed by atoms with Crippen LogP contribution in [-0.2, 0) is 14.9 Å². The first-order valence-electron chi connectivity index (χ1n) is 9.29. The first-order chi connectivity index (χ1) is 12.8. The molecule has 1 aromatic heterocycles. The van der Waals surface area contributed by atoms with Crippen LogP contribution in [0.15, 0.2) is 42.7 Å². The third-order valence-corrected chi connectivity index (χ3v) is 5.99. The summed E-state index contributed by atoms with van der Waals surface area (Å²) in [5, 5.41) is 0. The number of fused-ring (bicyclic) bond motifs is 2. The van der Waals surface area contributed by atoms with Gasteiger partial charge in [-0.15, -0.1) is 0 Å². The highest BCUT2D eigenvalue weighted by Crippen LogP contribution is 2.46. The molecule has 2 atom stereocenters. The van der Waals surface area contributed by atoms with Crippen molar-refractivity contribution in [2.45, 2.75) is 18.3 Å². The Kier molecular flexibility index (Phi) is 3.71. The summed E-state index contributed by atoms with van der Waals surface area (Å²) < 4.78 is 11.4. The number of pyridine rings is 1. The Hall–Kier alpha value is -2.40. The molecule has 0 saturated carbocycles. The molecule has 2 aromatic rings. The largest absolute Gasteiger partial charge is 0.492 e. The van der Waals surface area contributed by atoms with Gasteiger partial charge in [0.1, 0.15) is 5.75 Å². The molecule has 0 radical (unpaired) electrons. The fraction of sp³-hybridized carbons (Fsp3) is 0.429. The van der Waals surface area contributed by atoms with Crippen LogP contribution in [0, 0.1) is 5.92 Å². The van der Waals surface area contributed by atoms with Gasteiger partial charge in [0.05, 0.1) is 24.5 Å². The molecule has 26 heavy (non-hydrogen) atoms. The Balaban J connectivity index is 1.43. The second-order valence-corrected chi connectivity index (χ2v) is 7.59.